The quantitative estimate of drug-likeness (QED) is 0.246. The van der Waals surface area contributed by atoms with E-state index in [1.54, 1.807) is 18.4 Å². The molecule has 0 atom stereocenters. The summed E-state index contributed by atoms with van der Waals surface area (Å²) in [4.78, 5) is 17.4. The minimum Gasteiger partial charge on any atom is -0.493 e. The van der Waals surface area contributed by atoms with E-state index in [2.05, 4.69) is 41.7 Å². The first-order chi connectivity index (χ1) is 17.9. The fraction of sp³-hybridized carbons (Fsp3) is 0.161. The van der Waals surface area contributed by atoms with E-state index in [4.69, 9.17) is 14.5 Å². The molecule has 0 aliphatic carbocycles. The summed E-state index contributed by atoms with van der Waals surface area (Å²) >= 11 is 1.66. The van der Waals surface area contributed by atoms with Crippen molar-refractivity contribution >= 4 is 56.1 Å². The molecule has 37 heavy (non-hydrogen) atoms. The molecule has 0 bridgehead atoms. The summed E-state index contributed by atoms with van der Waals surface area (Å²) < 4.78 is 12.5. The van der Waals surface area contributed by atoms with Crippen LogP contribution in [0, 0.1) is 20.8 Å². The van der Waals surface area contributed by atoms with E-state index in [1.165, 1.54) is 10.9 Å². The van der Waals surface area contributed by atoms with Gasteiger partial charge in [-0.05, 0) is 67.1 Å². The molecule has 1 amide bonds. The molecule has 0 spiro atoms. The van der Waals surface area contributed by atoms with Crippen molar-refractivity contribution in [2.24, 2.45) is 0 Å². The zero-order valence-corrected chi connectivity index (χ0v) is 22.1. The van der Waals surface area contributed by atoms with Crippen molar-refractivity contribution in [3.63, 3.8) is 0 Å². The molecule has 0 saturated carbocycles. The van der Waals surface area contributed by atoms with Crippen LogP contribution in [0.5, 0.6) is 11.5 Å². The van der Waals surface area contributed by atoms with Crippen molar-refractivity contribution in [3.8, 4) is 11.5 Å². The number of hydrogen-bond acceptors (Lipinski definition) is 5. The number of benzene rings is 4. The highest BCUT2D eigenvalue weighted by atomic mass is 32.1. The Morgan fingerprint density at radius 2 is 1.73 bits per heavy atom. The fourth-order valence-electron chi connectivity index (χ4n) is 4.52. The van der Waals surface area contributed by atoms with Gasteiger partial charge in [-0.3, -0.25) is 4.79 Å². The molecule has 0 fully saturated rings. The average molecular weight is 509 g/mol. The molecule has 1 heterocycles. The molecule has 0 saturated heterocycles. The summed E-state index contributed by atoms with van der Waals surface area (Å²) in [6.07, 6.45) is 4.01. The van der Waals surface area contributed by atoms with Crippen LogP contribution < -0.4 is 14.8 Å². The van der Waals surface area contributed by atoms with Crippen molar-refractivity contribution < 1.29 is 14.3 Å². The molecule has 6 heteroatoms. The Kier molecular flexibility index (Phi) is 6.93. The van der Waals surface area contributed by atoms with Gasteiger partial charge in [0.1, 0.15) is 5.01 Å². The number of methoxy groups -OCH3 is 1. The van der Waals surface area contributed by atoms with Gasteiger partial charge in [-0.1, -0.05) is 60.2 Å². The van der Waals surface area contributed by atoms with E-state index in [0.717, 1.165) is 43.0 Å². The number of carbonyl (C=O) groups excluding carboxylic acids is 1. The molecule has 5 nitrogen and oxygen atoms in total. The smallest absolute Gasteiger partial charge is 0.262 e. The van der Waals surface area contributed by atoms with E-state index in [0.29, 0.717) is 11.5 Å². The first kappa shape index (κ1) is 24.5. The third-order valence-electron chi connectivity index (χ3n) is 6.21. The molecular formula is C31H28N2O3S. The molecule has 186 valence electrons. The van der Waals surface area contributed by atoms with Crippen molar-refractivity contribution in [2.45, 2.75) is 20.8 Å². The fourth-order valence-corrected chi connectivity index (χ4v) is 5.41. The SMILES string of the molecule is COc1cc(C=Cc2nc3c(ccc4ccccc43)s2)ccc1OCC(=O)Nc1c(C)cc(C)cc1C. The number of ether oxygens (including phenoxy) is 2. The maximum absolute atomic E-state index is 12.6. The topological polar surface area (TPSA) is 60.5 Å². The van der Waals surface area contributed by atoms with E-state index < -0.39 is 0 Å². The number of aromatic nitrogens is 1. The van der Waals surface area contributed by atoms with Gasteiger partial charge in [0, 0.05) is 11.1 Å². The lowest BCUT2D eigenvalue weighted by Gasteiger charge is -2.14. The van der Waals surface area contributed by atoms with Crippen molar-refractivity contribution in [1.82, 2.24) is 4.98 Å². The molecule has 5 rings (SSSR count). The molecular weight excluding hydrogens is 480 g/mol. The minimum atomic E-state index is -0.218. The summed E-state index contributed by atoms with van der Waals surface area (Å²) in [5.41, 5.74) is 6.03. The Morgan fingerprint density at radius 1 is 0.946 bits per heavy atom. The predicted molar refractivity (Wildman–Crippen MR) is 154 cm³/mol. The highest BCUT2D eigenvalue weighted by Crippen LogP contribution is 2.32. The van der Waals surface area contributed by atoms with Gasteiger partial charge in [-0.2, -0.15) is 0 Å². The largest absolute Gasteiger partial charge is 0.493 e. The monoisotopic (exact) mass is 508 g/mol. The molecule has 0 aliphatic heterocycles. The van der Waals surface area contributed by atoms with Crippen molar-refractivity contribution in [2.75, 3.05) is 19.0 Å². The summed E-state index contributed by atoms with van der Waals surface area (Å²) in [6, 6.07) is 22.3. The second-order valence-electron chi connectivity index (χ2n) is 9.04. The van der Waals surface area contributed by atoms with Crippen LogP contribution in [0.25, 0.3) is 33.1 Å². The van der Waals surface area contributed by atoms with Gasteiger partial charge in [-0.25, -0.2) is 4.98 Å². The zero-order valence-electron chi connectivity index (χ0n) is 21.3. The second kappa shape index (κ2) is 10.4. The first-order valence-corrected chi connectivity index (χ1v) is 12.9. The van der Waals surface area contributed by atoms with Crippen LogP contribution in [0.4, 0.5) is 5.69 Å². The number of thiazole rings is 1. The van der Waals surface area contributed by atoms with Crippen LogP contribution in [0.3, 0.4) is 0 Å². The molecule has 5 aromatic rings. The number of hydrogen-bond donors (Lipinski definition) is 1. The Hall–Kier alpha value is -4.16. The third-order valence-corrected chi connectivity index (χ3v) is 7.19. The Morgan fingerprint density at radius 3 is 2.51 bits per heavy atom. The Bertz CT molecular complexity index is 1630. The predicted octanol–water partition coefficient (Wildman–Crippen LogP) is 7.57. The summed E-state index contributed by atoms with van der Waals surface area (Å²) in [5, 5.41) is 6.25. The first-order valence-electron chi connectivity index (χ1n) is 12.1. The van der Waals surface area contributed by atoms with Crippen LogP contribution in [-0.4, -0.2) is 24.6 Å². The van der Waals surface area contributed by atoms with Crippen molar-refractivity contribution in [1.29, 1.82) is 0 Å². The number of carbonyl (C=O) groups is 1. The van der Waals surface area contributed by atoms with Gasteiger partial charge in [0.05, 0.1) is 17.3 Å². The van der Waals surface area contributed by atoms with Gasteiger partial charge < -0.3 is 14.8 Å². The third kappa shape index (κ3) is 5.34. The number of amides is 1. The van der Waals surface area contributed by atoms with Crippen LogP contribution in [-0.2, 0) is 4.79 Å². The van der Waals surface area contributed by atoms with Gasteiger partial charge >= 0.3 is 0 Å². The lowest BCUT2D eigenvalue weighted by molar-refractivity contribution is -0.118. The molecule has 0 unspecified atom stereocenters. The molecule has 4 aromatic carbocycles. The van der Waals surface area contributed by atoms with Crippen LogP contribution >= 0.6 is 11.3 Å². The number of aryl methyl sites for hydroxylation is 3. The number of nitrogens with zero attached hydrogens (tertiary/aromatic N) is 1. The van der Waals surface area contributed by atoms with Gasteiger partial charge in [0.25, 0.3) is 5.91 Å². The van der Waals surface area contributed by atoms with Gasteiger partial charge in [0.15, 0.2) is 18.1 Å². The highest BCUT2D eigenvalue weighted by molar-refractivity contribution is 7.19. The molecule has 1 aromatic heterocycles. The van der Waals surface area contributed by atoms with Crippen LogP contribution in [0.2, 0.25) is 0 Å². The number of fused-ring (bicyclic) bond motifs is 3. The number of anilines is 1. The maximum Gasteiger partial charge on any atom is 0.262 e. The average Bonchev–Trinajstić information content (AvgIpc) is 3.32. The van der Waals surface area contributed by atoms with Crippen LogP contribution in [0.15, 0.2) is 66.7 Å². The summed E-state index contributed by atoms with van der Waals surface area (Å²) in [7, 11) is 1.59. The van der Waals surface area contributed by atoms with E-state index in [-0.39, 0.29) is 12.5 Å². The Balaban J connectivity index is 1.28. The van der Waals surface area contributed by atoms with E-state index in [1.807, 2.05) is 63.3 Å². The number of nitrogens with one attached hydrogen (secondary N) is 1. The van der Waals surface area contributed by atoms with Crippen molar-refractivity contribution in [3.05, 3.63) is 94.0 Å². The standard InChI is InChI=1S/C31H28N2O3S/c1-19-15-20(2)30(21(3)16-19)32-28(34)18-36-25-12-9-22(17-26(25)35-4)10-14-29-33-31-24-8-6-5-7-23(24)11-13-27(31)37-29/h5-17H,18H2,1-4H3,(H,32,34). The minimum absolute atomic E-state index is 0.113. The summed E-state index contributed by atoms with van der Waals surface area (Å²) in [6.45, 7) is 5.91. The molecule has 0 radical (unpaired) electrons. The second-order valence-corrected chi connectivity index (χ2v) is 10.1. The Labute approximate surface area is 220 Å². The molecule has 1 N–H and O–H groups in total. The highest BCUT2D eigenvalue weighted by Gasteiger charge is 2.12. The lowest BCUT2D eigenvalue weighted by atomic mass is 10.1. The lowest BCUT2D eigenvalue weighted by Crippen LogP contribution is -2.21. The van der Waals surface area contributed by atoms with Crippen LogP contribution in [0.1, 0.15) is 27.3 Å². The summed E-state index contributed by atoms with van der Waals surface area (Å²) in [5.74, 6) is 0.857. The van der Waals surface area contributed by atoms with Gasteiger partial charge in [-0.15, -0.1) is 11.3 Å². The van der Waals surface area contributed by atoms with Gasteiger partial charge in [0.2, 0.25) is 0 Å². The van der Waals surface area contributed by atoms with E-state index >= 15 is 0 Å². The van der Waals surface area contributed by atoms with E-state index in [9.17, 15) is 4.79 Å². The molecule has 0 aliphatic rings. The normalized spacial score (nSPS) is 11.4. The maximum atomic E-state index is 12.6. The zero-order chi connectivity index (χ0) is 25.9. The number of rotatable bonds is 7.